The SMILES string of the molecule is COS(=O)c1ccn(C)n1.Cn1ccc(S(=N)(=O)NC(=O)Nc2c3c(cc4c2CCC4)CCC3)n1.Cn1ccc(S(=O)(=NCc2ccccc2)NC(=O)Nc2c3c(cc4c2CCC4)CCC3)n1.Cn1ccc(S(=O)(=O)Cl)n1.Cn1ccc(S(=O)NC(=O)Nc2c3c(cc4c2CCC4)CCC3)n1.Cn1ccc(S(N)=O)n1.N#COc1c2c(cc3c1CCC3)CCC2. The normalized spacial score (nSPS) is 15.9. The van der Waals surface area contributed by atoms with Crippen LogP contribution in [0.15, 0.2) is 163 Å². The molecule has 0 spiro atoms. The third-order valence-electron chi connectivity index (χ3n) is 22.3. The highest BCUT2D eigenvalue weighted by atomic mass is 35.7. The van der Waals surface area contributed by atoms with E-state index in [1.807, 2.05) is 36.6 Å². The van der Waals surface area contributed by atoms with E-state index in [2.05, 4.69) is 93.5 Å². The van der Waals surface area contributed by atoms with Gasteiger partial charge in [0.05, 0.1) is 13.7 Å². The first-order valence-electron chi connectivity index (χ1n) is 40.9. The largest absolute Gasteiger partial charge is 0.387 e. The lowest BCUT2D eigenvalue weighted by atomic mass is 9.99. The van der Waals surface area contributed by atoms with Crippen LogP contribution in [0.1, 0.15) is 146 Å². The summed E-state index contributed by atoms with van der Waals surface area (Å²) in [6.45, 7) is 0.215. The Kier molecular flexibility index (Phi) is 30.0. The van der Waals surface area contributed by atoms with Crippen LogP contribution in [0.3, 0.4) is 0 Å². The number of nitriles is 1. The molecule has 125 heavy (non-hydrogen) atoms. The molecule has 8 aliphatic carbocycles. The maximum Gasteiger partial charge on any atom is 0.332 e. The van der Waals surface area contributed by atoms with Crippen LogP contribution < -0.4 is 40.0 Å². The van der Waals surface area contributed by atoms with Gasteiger partial charge in [-0.05, 0) is 285 Å². The Balaban J connectivity index is 0.000000131. The van der Waals surface area contributed by atoms with Gasteiger partial charge >= 0.3 is 18.1 Å². The Morgan fingerprint density at radius 3 is 1.14 bits per heavy atom. The molecule has 8 aliphatic rings. The van der Waals surface area contributed by atoms with E-state index >= 15 is 0 Å². The lowest BCUT2D eigenvalue weighted by molar-refractivity contribution is 0.256. The summed E-state index contributed by atoms with van der Waals surface area (Å²) in [4.78, 5) is 37.9. The number of benzene rings is 5. The highest BCUT2D eigenvalue weighted by Crippen LogP contribution is 2.43. The van der Waals surface area contributed by atoms with Gasteiger partial charge in [-0.2, -0.15) is 30.6 Å². The summed E-state index contributed by atoms with van der Waals surface area (Å²) >= 11 is -1.40. The lowest BCUT2D eigenvalue weighted by Crippen LogP contribution is -2.35. The van der Waals surface area contributed by atoms with Gasteiger partial charge in [-0.25, -0.2) is 67.6 Å². The van der Waals surface area contributed by atoms with Crippen LogP contribution in [0.4, 0.5) is 31.4 Å². The van der Waals surface area contributed by atoms with E-state index in [0.717, 1.165) is 170 Å². The first-order chi connectivity index (χ1) is 59.9. The molecule has 34 nitrogen and oxygen atoms in total. The first-order valence-corrected chi connectivity index (χ1v) is 49.7. The summed E-state index contributed by atoms with van der Waals surface area (Å²) in [5.74, 6) is 0.903. The highest BCUT2D eigenvalue weighted by molar-refractivity contribution is 8.13. The zero-order chi connectivity index (χ0) is 88.9. The maximum absolute atomic E-state index is 13.8. The fraction of sp³-hybridized carbons (Fsp3) is 0.381. The third-order valence-corrected chi connectivity index (χ3v) is 29.0. The smallest absolute Gasteiger partial charge is 0.332 e. The van der Waals surface area contributed by atoms with Crippen molar-refractivity contribution in [2.45, 2.75) is 191 Å². The number of hydrogen-bond donors (Lipinski definition) is 8. The standard InChI is InChI=1S/C24H27N5O2S.C17H21N5O2S.C17H20N4O2S.C13H13NO.C5H8N2O2S.C4H5ClN2O2S.C4H7N3OS/c1-29-14-13-22(27-29)32(31,25-16-17-7-3-2-4-8-17)28-24(30)26-23-20-11-5-9-18(20)15-19-10-6-12-21(19)23;1-22-9-8-15(20-22)25(18,24)21-17(23)19-16-13-6-2-4-11(13)10-12-5-3-7-14(12)16;1-21-9-8-15(19-21)24(23)20-17(22)18-16-13-6-2-4-11(13)10-12-5-3-7-14(12)16;14-8-15-13-11-5-1-3-9(11)7-10-4-2-6-12(10)13;1-7-4-3-5(6-7)10(8)9-2;1-7-3-2-4(6-7)10(5,8)9;1-7-3-2-4(6-7)9(5)8/h2-4,7-8,13-15H,5-6,9-12,16H2,1H3,(H2,25,26,28,30,31);8-10H,2-7H2,1H3,(H3,18,19,21,23,24);8-10H,2-7H2,1H3,(H2,18,20,22);7H,1-6H2;3-4H,1-2H3;2-3H,1H3;2-3H,5H2,1H3. The van der Waals surface area contributed by atoms with Gasteiger partial charge in [-0.15, -0.1) is 5.26 Å². The van der Waals surface area contributed by atoms with Crippen LogP contribution in [-0.2, 0) is 218 Å². The predicted molar refractivity (Wildman–Crippen MR) is 475 cm³/mol. The number of carbonyl (C=O) groups is 3. The van der Waals surface area contributed by atoms with Crippen LogP contribution in [0.2, 0.25) is 0 Å². The van der Waals surface area contributed by atoms with Crippen molar-refractivity contribution in [3.63, 3.8) is 0 Å². The molecule has 5 aromatic carbocycles. The van der Waals surface area contributed by atoms with Gasteiger partial charge < -0.3 is 20.7 Å². The van der Waals surface area contributed by atoms with E-state index in [1.54, 1.807) is 116 Å². The number of urea groups is 3. The van der Waals surface area contributed by atoms with Gasteiger partial charge in [0.2, 0.25) is 11.1 Å². The van der Waals surface area contributed by atoms with Crippen LogP contribution in [0, 0.1) is 16.3 Å². The summed E-state index contributed by atoms with van der Waals surface area (Å²) in [6, 6.07) is 26.6. The molecule has 41 heteroatoms. The Hall–Kier alpha value is -11.0. The van der Waals surface area contributed by atoms with E-state index in [4.69, 9.17) is 30.6 Å². The minimum absolute atomic E-state index is 0.0497. The summed E-state index contributed by atoms with van der Waals surface area (Å²) in [5, 5.41) is 47.6. The average Bonchev–Trinajstić information content (AvgIpc) is 1.65. The number of rotatable bonds is 16. The molecule has 5 unspecified atom stereocenters. The molecule has 0 bridgehead atoms. The molecule has 11 aromatic rings. The third kappa shape index (κ3) is 23.0. The van der Waals surface area contributed by atoms with Crippen molar-refractivity contribution in [3.8, 4) is 12.0 Å². The minimum Gasteiger partial charge on any atom is -0.387 e. The second-order valence-electron chi connectivity index (χ2n) is 31.0. The predicted octanol–water partition coefficient (Wildman–Crippen LogP) is 11.3. The zero-order valence-corrected chi connectivity index (χ0v) is 76.0. The Morgan fingerprint density at radius 2 is 0.800 bits per heavy atom. The number of nitrogens with two attached hydrogens (primary N) is 1. The molecular formula is C84H101ClN22O12S6. The maximum atomic E-state index is 13.8. The Labute approximate surface area is 738 Å². The van der Waals surface area contributed by atoms with E-state index in [-0.39, 0.29) is 21.6 Å². The highest BCUT2D eigenvalue weighted by Gasteiger charge is 2.32. The molecule has 6 amide bonds. The molecule has 662 valence electrons. The van der Waals surface area contributed by atoms with Crippen molar-refractivity contribution in [2.75, 3.05) is 23.1 Å². The Morgan fingerprint density at radius 1 is 0.464 bits per heavy atom. The van der Waals surface area contributed by atoms with Crippen LogP contribution in [0.25, 0.3) is 0 Å². The molecule has 9 N–H and O–H groups in total. The molecule has 0 saturated heterocycles. The topological polar surface area (TPSA) is 454 Å². The van der Waals surface area contributed by atoms with Gasteiger partial charge in [0.1, 0.15) is 16.7 Å². The van der Waals surface area contributed by atoms with Gasteiger partial charge in [0, 0.05) is 107 Å². The quantitative estimate of drug-likeness (QED) is 0.0329. The molecule has 6 heterocycles. The molecule has 19 rings (SSSR count). The molecule has 6 aromatic heterocycles. The zero-order valence-electron chi connectivity index (χ0n) is 70.4. The van der Waals surface area contributed by atoms with Crippen molar-refractivity contribution >= 4 is 108 Å². The first kappa shape index (κ1) is 91.7. The Bertz CT molecular complexity index is 6230. The van der Waals surface area contributed by atoms with Crippen molar-refractivity contribution in [1.29, 1.82) is 10.0 Å². The second kappa shape index (κ2) is 41.0. The number of amides is 6. The number of aromatic nitrogens is 12. The fourth-order valence-corrected chi connectivity index (χ4v) is 21.5. The number of aryl methyl sites for hydroxylation is 14. The second-order valence-corrected chi connectivity index (χ2v) is 40.6. The average molecular weight is 1840 g/mol. The van der Waals surface area contributed by atoms with Crippen molar-refractivity contribution in [3.05, 3.63) is 223 Å². The number of anilines is 3. The molecule has 0 saturated carbocycles. The fourth-order valence-electron chi connectivity index (χ4n) is 16.8. The number of fused-ring (bicyclic) bond motifs is 8. The number of nitrogens with zero attached hydrogens (tertiary/aromatic N) is 14. The number of hydrogen-bond acceptors (Lipinski definition) is 21. The van der Waals surface area contributed by atoms with Crippen LogP contribution >= 0.6 is 10.7 Å². The molecular weight excluding hydrogens is 1740 g/mol. The van der Waals surface area contributed by atoms with E-state index in [9.17, 15) is 43.8 Å². The molecule has 0 fully saturated rings. The van der Waals surface area contributed by atoms with E-state index < -0.39 is 80.0 Å². The molecule has 0 radical (unpaired) electrons. The van der Waals surface area contributed by atoms with Crippen LogP contribution in [0.5, 0.6) is 5.75 Å². The van der Waals surface area contributed by atoms with Gasteiger partial charge in [0.15, 0.2) is 61.0 Å². The number of halogens is 1. The summed E-state index contributed by atoms with van der Waals surface area (Å²) in [5.41, 5.74) is 24.5. The molecule has 5 atom stereocenters. The van der Waals surface area contributed by atoms with E-state index in [0.29, 0.717) is 15.1 Å². The monoisotopic (exact) mass is 1840 g/mol. The summed E-state index contributed by atoms with van der Waals surface area (Å²) in [7, 11) is 3.16. The lowest BCUT2D eigenvalue weighted by Gasteiger charge is -2.17. The number of nitrogens with one attached hydrogen (secondary N) is 7. The van der Waals surface area contributed by atoms with Crippen molar-refractivity contribution < 1.29 is 52.8 Å². The van der Waals surface area contributed by atoms with Gasteiger partial charge in [-0.3, -0.25) is 37.0 Å². The van der Waals surface area contributed by atoms with Gasteiger partial charge in [0.25, 0.3) is 15.3 Å². The van der Waals surface area contributed by atoms with Crippen molar-refractivity contribution in [2.24, 2.45) is 51.8 Å². The molecule has 0 aliphatic heterocycles. The summed E-state index contributed by atoms with van der Waals surface area (Å²) < 4.78 is 120. The van der Waals surface area contributed by atoms with Gasteiger partial charge in [-0.1, -0.05) is 54.6 Å². The minimum atomic E-state index is -3.64. The van der Waals surface area contributed by atoms with Crippen LogP contribution in [-0.4, -0.2) is 113 Å². The number of carbonyl (C=O) groups excluding carboxylic acids is 3. The van der Waals surface area contributed by atoms with Crippen molar-refractivity contribution in [1.82, 2.24) is 72.8 Å². The number of ether oxygens (including phenoxy) is 1. The summed E-state index contributed by atoms with van der Waals surface area (Å²) in [6.07, 6.45) is 37.5. The van der Waals surface area contributed by atoms with E-state index in [1.165, 1.54) is 137 Å².